The van der Waals surface area contributed by atoms with Gasteiger partial charge < -0.3 is 14.5 Å². The van der Waals surface area contributed by atoms with Gasteiger partial charge in [-0.15, -0.1) is 0 Å². The van der Waals surface area contributed by atoms with Gasteiger partial charge in [0.2, 0.25) is 0 Å². The number of amides is 1. The van der Waals surface area contributed by atoms with E-state index in [1.54, 1.807) is 13.2 Å². The Hall–Kier alpha value is -1.81. The Balaban J connectivity index is 2.16. The summed E-state index contributed by atoms with van der Waals surface area (Å²) in [5, 5.41) is 3.91. The monoisotopic (exact) mass is 261 g/mol. The molecule has 0 aliphatic heterocycles. The Kier molecular flexibility index (Phi) is 4.22. The fourth-order valence-corrected chi connectivity index (χ4v) is 2.05. The minimum absolute atomic E-state index is 0.0410. The zero-order valence-corrected chi connectivity index (χ0v) is 11.5. The Morgan fingerprint density at radius 1 is 1.42 bits per heavy atom. The first-order chi connectivity index (χ1) is 9.13. The lowest BCUT2D eigenvalue weighted by atomic mass is 10.1. The molecule has 0 aliphatic rings. The molecule has 102 valence electrons. The van der Waals surface area contributed by atoms with Crippen molar-refractivity contribution in [3.05, 3.63) is 35.6 Å². The van der Waals surface area contributed by atoms with Gasteiger partial charge in [-0.05, 0) is 37.6 Å². The maximum absolute atomic E-state index is 12.1. The van der Waals surface area contributed by atoms with Gasteiger partial charge >= 0.3 is 0 Å². The quantitative estimate of drug-likeness (QED) is 0.900. The van der Waals surface area contributed by atoms with Crippen LogP contribution in [0.1, 0.15) is 29.5 Å². The van der Waals surface area contributed by atoms with Crippen molar-refractivity contribution in [3.63, 3.8) is 0 Å². The zero-order valence-electron chi connectivity index (χ0n) is 11.5. The van der Waals surface area contributed by atoms with Crippen molar-refractivity contribution >= 4 is 16.9 Å². The van der Waals surface area contributed by atoms with E-state index in [-0.39, 0.29) is 11.9 Å². The van der Waals surface area contributed by atoms with Crippen LogP contribution in [-0.2, 0) is 4.74 Å². The molecule has 0 fully saturated rings. The van der Waals surface area contributed by atoms with Crippen molar-refractivity contribution in [1.82, 2.24) is 5.32 Å². The van der Waals surface area contributed by atoms with Crippen LogP contribution >= 0.6 is 0 Å². The SMILES string of the molecule is CCC(COC)NC(=O)c1ccc2oc(C)cc2c1. The van der Waals surface area contributed by atoms with Crippen molar-refractivity contribution in [2.24, 2.45) is 0 Å². The molecule has 0 aliphatic carbocycles. The Morgan fingerprint density at radius 2 is 2.21 bits per heavy atom. The summed E-state index contributed by atoms with van der Waals surface area (Å²) in [4.78, 5) is 12.1. The smallest absolute Gasteiger partial charge is 0.251 e. The predicted octanol–water partition coefficient (Wildman–Crippen LogP) is 2.90. The Bertz CT molecular complexity index is 574. The van der Waals surface area contributed by atoms with Gasteiger partial charge in [-0.25, -0.2) is 0 Å². The maximum atomic E-state index is 12.1. The van der Waals surface area contributed by atoms with Gasteiger partial charge in [0, 0.05) is 18.1 Å². The van der Waals surface area contributed by atoms with Crippen molar-refractivity contribution in [1.29, 1.82) is 0 Å². The molecule has 4 nitrogen and oxygen atoms in total. The largest absolute Gasteiger partial charge is 0.461 e. The molecule has 1 atom stereocenters. The number of nitrogens with one attached hydrogen (secondary N) is 1. The first kappa shape index (κ1) is 13.6. The molecule has 0 saturated heterocycles. The summed E-state index contributed by atoms with van der Waals surface area (Å²) in [7, 11) is 1.63. The molecule has 0 saturated carbocycles. The lowest BCUT2D eigenvalue weighted by Gasteiger charge is -2.15. The third-order valence-electron chi connectivity index (χ3n) is 3.10. The van der Waals surface area contributed by atoms with Crippen molar-refractivity contribution in [2.45, 2.75) is 26.3 Å². The van der Waals surface area contributed by atoms with E-state index in [2.05, 4.69) is 5.32 Å². The molecule has 1 amide bonds. The molecular weight excluding hydrogens is 242 g/mol. The van der Waals surface area contributed by atoms with Gasteiger partial charge in [0.05, 0.1) is 12.6 Å². The summed E-state index contributed by atoms with van der Waals surface area (Å²) < 4.78 is 10.6. The predicted molar refractivity (Wildman–Crippen MR) is 74.4 cm³/mol. The third kappa shape index (κ3) is 3.15. The van der Waals surface area contributed by atoms with Gasteiger partial charge in [0.15, 0.2) is 0 Å². The molecule has 2 rings (SSSR count). The third-order valence-corrected chi connectivity index (χ3v) is 3.10. The van der Waals surface area contributed by atoms with Gasteiger partial charge in [-0.2, -0.15) is 0 Å². The highest BCUT2D eigenvalue weighted by Crippen LogP contribution is 2.20. The van der Waals surface area contributed by atoms with Crippen molar-refractivity contribution < 1.29 is 13.9 Å². The van der Waals surface area contributed by atoms with Crippen LogP contribution in [0, 0.1) is 6.92 Å². The van der Waals surface area contributed by atoms with E-state index < -0.39 is 0 Å². The normalized spacial score (nSPS) is 12.6. The molecule has 1 aromatic heterocycles. The lowest BCUT2D eigenvalue weighted by molar-refractivity contribution is 0.0895. The van der Waals surface area contributed by atoms with E-state index >= 15 is 0 Å². The van der Waals surface area contributed by atoms with E-state index in [1.165, 1.54) is 0 Å². The molecule has 1 aromatic carbocycles. The molecule has 0 bridgehead atoms. The summed E-state index contributed by atoms with van der Waals surface area (Å²) in [5.41, 5.74) is 1.45. The maximum Gasteiger partial charge on any atom is 0.251 e. The number of hydrogen-bond donors (Lipinski definition) is 1. The summed E-state index contributed by atoms with van der Waals surface area (Å²) in [6.45, 7) is 4.44. The second-order valence-corrected chi connectivity index (χ2v) is 4.64. The number of benzene rings is 1. The average molecular weight is 261 g/mol. The molecule has 1 N–H and O–H groups in total. The van der Waals surface area contributed by atoms with Crippen LogP contribution in [0.15, 0.2) is 28.7 Å². The second kappa shape index (κ2) is 5.89. The van der Waals surface area contributed by atoms with Crippen LogP contribution in [0.2, 0.25) is 0 Å². The highest BCUT2D eigenvalue weighted by molar-refractivity contribution is 5.98. The summed E-state index contributed by atoms with van der Waals surface area (Å²) in [5.74, 6) is 0.767. The Morgan fingerprint density at radius 3 is 2.89 bits per heavy atom. The number of carbonyl (C=O) groups is 1. The van der Waals surface area contributed by atoms with Crippen molar-refractivity contribution in [2.75, 3.05) is 13.7 Å². The summed E-state index contributed by atoms with van der Waals surface area (Å²) in [6, 6.07) is 7.42. The number of methoxy groups -OCH3 is 1. The van der Waals surface area contributed by atoms with Crippen LogP contribution in [0.5, 0.6) is 0 Å². The number of aryl methyl sites for hydroxylation is 1. The topological polar surface area (TPSA) is 51.5 Å². The molecule has 2 aromatic rings. The fraction of sp³-hybridized carbons (Fsp3) is 0.400. The summed E-state index contributed by atoms with van der Waals surface area (Å²) in [6.07, 6.45) is 0.840. The number of fused-ring (bicyclic) bond motifs is 1. The van der Waals surface area contributed by atoms with Crippen LogP contribution < -0.4 is 5.32 Å². The fourth-order valence-electron chi connectivity index (χ4n) is 2.05. The minimum Gasteiger partial charge on any atom is -0.461 e. The highest BCUT2D eigenvalue weighted by atomic mass is 16.5. The lowest BCUT2D eigenvalue weighted by Crippen LogP contribution is -2.37. The molecular formula is C15H19NO3. The van der Waals surface area contributed by atoms with Gasteiger partial charge in [-0.3, -0.25) is 4.79 Å². The van der Waals surface area contributed by atoms with E-state index in [0.717, 1.165) is 23.2 Å². The molecule has 1 heterocycles. The zero-order chi connectivity index (χ0) is 13.8. The number of rotatable bonds is 5. The van der Waals surface area contributed by atoms with Gasteiger partial charge in [0.25, 0.3) is 5.91 Å². The number of furan rings is 1. The standard InChI is InChI=1S/C15H19NO3/c1-4-13(9-18-3)16-15(17)11-5-6-14-12(8-11)7-10(2)19-14/h5-8,13H,4,9H2,1-3H3,(H,16,17). The first-order valence-electron chi connectivity index (χ1n) is 6.44. The molecule has 4 heteroatoms. The van der Waals surface area contributed by atoms with Crippen LogP contribution in [0.3, 0.4) is 0 Å². The molecule has 19 heavy (non-hydrogen) atoms. The van der Waals surface area contributed by atoms with Gasteiger partial charge in [-0.1, -0.05) is 6.92 Å². The number of hydrogen-bond acceptors (Lipinski definition) is 3. The van der Waals surface area contributed by atoms with E-state index in [4.69, 9.17) is 9.15 Å². The second-order valence-electron chi connectivity index (χ2n) is 4.64. The summed E-state index contributed by atoms with van der Waals surface area (Å²) >= 11 is 0. The van der Waals surface area contributed by atoms with Crippen LogP contribution in [-0.4, -0.2) is 25.7 Å². The molecule has 1 unspecified atom stereocenters. The highest BCUT2D eigenvalue weighted by Gasteiger charge is 2.13. The van der Waals surface area contributed by atoms with Crippen LogP contribution in [0.4, 0.5) is 0 Å². The van der Waals surface area contributed by atoms with E-state index in [9.17, 15) is 4.79 Å². The van der Waals surface area contributed by atoms with Crippen molar-refractivity contribution in [3.8, 4) is 0 Å². The van der Waals surface area contributed by atoms with Crippen LogP contribution in [0.25, 0.3) is 11.0 Å². The van der Waals surface area contributed by atoms with Gasteiger partial charge in [0.1, 0.15) is 11.3 Å². The van der Waals surface area contributed by atoms with E-state index in [0.29, 0.717) is 12.2 Å². The number of ether oxygens (including phenoxy) is 1. The average Bonchev–Trinajstić information content (AvgIpc) is 2.76. The first-order valence-corrected chi connectivity index (χ1v) is 6.44. The minimum atomic E-state index is -0.0790. The Labute approximate surface area is 112 Å². The van der Waals surface area contributed by atoms with E-state index in [1.807, 2.05) is 32.0 Å². The molecule has 0 radical (unpaired) electrons. The number of carbonyl (C=O) groups excluding carboxylic acids is 1. The molecule has 0 spiro atoms.